The number of sulfonamides is 1. The van der Waals surface area contributed by atoms with Gasteiger partial charge in [0.15, 0.2) is 6.61 Å². The lowest BCUT2D eigenvalue weighted by Gasteiger charge is -2.32. The Bertz CT molecular complexity index is 883. The van der Waals surface area contributed by atoms with Gasteiger partial charge in [-0.25, -0.2) is 8.42 Å². The van der Waals surface area contributed by atoms with Gasteiger partial charge in [0.05, 0.1) is 4.90 Å². The number of allylic oxidation sites excluding steroid dienone is 1. The second-order valence-electron chi connectivity index (χ2n) is 6.14. The van der Waals surface area contributed by atoms with Crippen molar-refractivity contribution in [2.24, 2.45) is 5.73 Å². The molecule has 27 heavy (non-hydrogen) atoms. The number of hydrogen-bond acceptors (Lipinski definition) is 7. The normalized spacial score (nSPS) is 18.9. The molecule has 0 spiro atoms. The number of esters is 1. The van der Waals surface area contributed by atoms with E-state index >= 15 is 0 Å². The standard InChI is InChI=1S/C18H21N3O5S/c1-13(20)15(11-19)17(22)12-26-18(23)16-9-5-6-10-21(16)27(24,25)14-7-3-2-4-8-14/h2-4,7-8,16H,5-6,9-10,12,20H2,1H3. The molecule has 0 amide bonds. The summed E-state index contributed by atoms with van der Waals surface area (Å²) in [6, 6.07) is 8.49. The molecule has 1 aromatic carbocycles. The van der Waals surface area contributed by atoms with E-state index in [4.69, 9.17) is 15.7 Å². The number of benzene rings is 1. The van der Waals surface area contributed by atoms with E-state index in [-0.39, 0.29) is 22.7 Å². The molecule has 1 aromatic rings. The SMILES string of the molecule is CC(N)=C(C#N)C(=O)COC(=O)C1CCCCN1S(=O)(=O)c1ccccc1. The molecule has 0 aromatic heterocycles. The van der Waals surface area contributed by atoms with E-state index in [0.29, 0.717) is 19.3 Å². The second kappa shape index (κ2) is 8.79. The number of carbonyl (C=O) groups excluding carboxylic acids is 2. The third-order valence-corrected chi connectivity index (χ3v) is 6.13. The van der Waals surface area contributed by atoms with Gasteiger partial charge in [0.25, 0.3) is 0 Å². The van der Waals surface area contributed by atoms with Gasteiger partial charge in [-0.2, -0.15) is 9.57 Å². The van der Waals surface area contributed by atoms with E-state index in [1.165, 1.54) is 19.1 Å². The van der Waals surface area contributed by atoms with E-state index in [9.17, 15) is 18.0 Å². The van der Waals surface area contributed by atoms with Crippen molar-refractivity contribution in [2.45, 2.75) is 37.1 Å². The second-order valence-corrected chi connectivity index (χ2v) is 8.03. The van der Waals surface area contributed by atoms with Crippen LogP contribution in [0.3, 0.4) is 0 Å². The van der Waals surface area contributed by atoms with Gasteiger partial charge in [0.2, 0.25) is 15.8 Å². The van der Waals surface area contributed by atoms with Crippen molar-refractivity contribution in [3.63, 3.8) is 0 Å². The van der Waals surface area contributed by atoms with Crippen LogP contribution in [0.2, 0.25) is 0 Å². The zero-order valence-corrected chi connectivity index (χ0v) is 15.7. The van der Waals surface area contributed by atoms with Gasteiger partial charge in [-0.15, -0.1) is 0 Å². The van der Waals surface area contributed by atoms with Crippen molar-refractivity contribution in [1.82, 2.24) is 4.31 Å². The highest BCUT2D eigenvalue weighted by molar-refractivity contribution is 7.89. The molecule has 0 saturated carbocycles. The van der Waals surface area contributed by atoms with E-state index in [1.807, 2.05) is 0 Å². The number of nitrogens with zero attached hydrogens (tertiary/aromatic N) is 2. The summed E-state index contributed by atoms with van der Waals surface area (Å²) >= 11 is 0. The summed E-state index contributed by atoms with van der Waals surface area (Å²) in [4.78, 5) is 24.5. The van der Waals surface area contributed by atoms with Crippen molar-refractivity contribution in [2.75, 3.05) is 13.2 Å². The molecular weight excluding hydrogens is 370 g/mol. The Morgan fingerprint density at radius 1 is 1.30 bits per heavy atom. The Morgan fingerprint density at radius 3 is 2.56 bits per heavy atom. The first-order valence-corrected chi connectivity index (χ1v) is 9.86. The minimum absolute atomic E-state index is 0.0319. The minimum Gasteiger partial charge on any atom is -0.456 e. The van der Waals surface area contributed by atoms with E-state index in [0.717, 1.165) is 4.31 Å². The van der Waals surface area contributed by atoms with Crippen LogP contribution in [0.5, 0.6) is 0 Å². The van der Waals surface area contributed by atoms with Gasteiger partial charge in [-0.05, 0) is 38.3 Å². The van der Waals surface area contributed by atoms with E-state index in [2.05, 4.69) is 0 Å². The maximum absolute atomic E-state index is 12.9. The monoisotopic (exact) mass is 391 g/mol. The number of ether oxygens (including phenoxy) is 1. The molecule has 0 radical (unpaired) electrons. The summed E-state index contributed by atoms with van der Waals surface area (Å²) in [5.41, 5.74) is 5.20. The number of Topliss-reactive ketones (excluding diaryl/α,β-unsaturated/α-hetero) is 1. The first kappa shape index (κ1) is 20.6. The molecule has 1 saturated heterocycles. The first-order chi connectivity index (χ1) is 12.8. The molecule has 1 unspecified atom stereocenters. The highest BCUT2D eigenvalue weighted by Crippen LogP contribution is 2.26. The van der Waals surface area contributed by atoms with E-state index < -0.39 is 34.4 Å². The quantitative estimate of drug-likeness (QED) is 0.436. The Balaban J connectivity index is 2.16. The van der Waals surface area contributed by atoms with E-state index in [1.54, 1.807) is 24.3 Å². The number of rotatable bonds is 6. The predicted molar refractivity (Wildman–Crippen MR) is 96.4 cm³/mol. The van der Waals surface area contributed by atoms with Crippen molar-refractivity contribution in [3.8, 4) is 6.07 Å². The third kappa shape index (κ3) is 4.72. The highest BCUT2D eigenvalue weighted by Gasteiger charge is 2.38. The Hall–Kier alpha value is -2.70. The largest absolute Gasteiger partial charge is 0.456 e. The molecule has 1 aliphatic rings. The highest BCUT2D eigenvalue weighted by atomic mass is 32.2. The fourth-order valence-corrected chi connectivity index (χ4v) is 4.50. The average Bonchev–Trinajstić information content (AvgIpc) is 2.67. The molecule has 8 nitrogen and oxygen atoms in total. The number of nitrogens with two attached hydrogens (primary N) is 1. The molecular formula is C18H21N3O5S. The number of nitriles is 1. The molecule has 0 bridgehead atoms. The molecule has 1 aliphatic heterocycles. The topological polar surface area (TPSA) is 131 Å². The minimum atomic E-state index is -3.86. The van der Waals surface area contributed by atoms with Crippen molar-refractivity contribution in [3.05, 3.63) is 41.6 Å². The molecule has 9 heteroatoms. The lowest BCUT2D eigenvalue weighted by molar-refractivity contribution is -0.151. The molecule has 144 valence electrons. The van der Waals surface area contributed by atoms with Gasteiger partial charge in [0.1, 0.15) is 17.7 Å². The van der Waals surface area contributed by atoms with Crippen molar-refractivity contribution >= 4 is 21.8 Å². The maximum Gasteiger partial charge on any atom is 0.324 e. The van der Waals surface area contributed by atoms with Crippen LogP contribution in [0, 0.1) is 11.3 Å². The van der Waals surface area contributed by atoms with Gasteiger partial charge < -0.3 is 10.5 Å². The number of ketones is 1. The Morgan fingerprint density at radius 2 is 1.96 bits per heavy atom. The molecule has 1 atom stereocenters. The van der Waals surface area contributed by atoms with Gasteiger partial charge in [-0.1, -0.05) is 18.2 Å². The van der Waals surface area contributed by atoms with Crippen molar-refractivity contribution in [1.29, 1.82) is 5.26 Å². The van der Waals surface area contributed by atoms with Gasteiger partial charge in [0, 0.05) is 12.2 Å². The van der Waals surface area contributed by atoms with Crippen LogP contribution in [0.4, 0.5) is 0 Å². The summed E-state index contributed by atoms with van der Waals surface area (Å²) in [6.07, 6.45) is 1.60. The summed E-state index contributed by atoms with van der Waals surface area (Å²) < 4.78 is 31.9. The fourth-order valence-electron chi connectivity index (χ4n) is 2.83. The van der Waals surface area contributed by atoms with Gasteiger partial charge in [-0.3, -0.25) is 9.59 Å². The summed E-state index contributed by atoms with van der Waals surface area (Å²) in [5.74, 6) is -1.53. The van der Waals surface area contributed by atoms with Gasteiger partial charge >= 0.3 is 5.97 Å². The van der Waals surface area contributed by atoms with Crippen LogP contribution in [-0.4, -0.2) is 43.7 Å². The predicted octanol–water partition coefficient (Wildman–Crippen LogP) is 1.10. The van der Waals surface area contributed by atoms with Crippen LogP contribution in [0.1, 0.15) is 26.2 Å². The zero-order valence-electron chi connectivity index (χ0n) is 14.9. The van der Waals surface area contributed by atoms with Crippen LogP contribution in [-0.2, 0) is 24.3 Å². The lowest BCUT2D eigenvalue weighted by Crippen LogP contribution is -2.48. The molecule has 2 rings (SSSR count). The number of carbonyl (C=O) groups is 2. The lowest BCUT2D eigenvalue weighted by atomic mass is 10.1. The number of hydrogen-bond donors (Lipinski definition) is 1. The molecule has 1 heterocycles. The molecule has 0 aliphatic carbocycles. The Kier molecular flexibility index (Phi) is 6.71. The summed E-state index contributed by atoms with van der Waals surface area (Å²) in [6.45, 7) is 0.926. The third-order valence-electron chi connectivity index (χ3n) is 4.21. The maximum atomic E-state index is 12.9. The average molecular weight is 391 g/mol. The van der Waals surface area contributed by atoms with Crippen LogP contribution < -0.4 is 5.73 Å². The van der Waals surface area contributed by atoms with Crippen LogP contribution in [0.15, 0.2) is 46.5 Å². The fraction of sp³-hybridized carbons (Fsp3) is 0.389. The smallest absolute Gasteiger partial charge is 0.324 e. The van der Waals surface area contributed by atoms with Crippen molar-refractivity contribution < 1.29 is 22.7 Å². The first-order valence-electron chi connectivity index (χ1n) is 8.42. The van der Waals surface area contributed by atoms with Crippen LogP contribution >= 0.6 is 0 Å². The molecule has 2 N–H and O–H groups in total. The summed E-state index contributed by atoms with van der Waals surface area (Å²) in [5, 5.41) is 8.92. The molecule has 1 fully saturated rings. The zero-order chi connectivity index (χ0) is 20.0. The van der Waals surface area contributed by atoms with Crippen LogP contribution in [0.25, 0.3) is 0 Å². The summed E-state index contributed by atoms with van der Waals surface area (Å²) in [7, 11) is -3.86. The Labute approximate surface area is 158 Å². The number of piperidine rings is 1.